The molecule has 0 saturated carbocycles. The molecule has 0 saturated heterocycles. The van der Waals surface area contributed by atoms with Crippen molar-refractivity contribution >= 4 is 21.8 Å². The average molecular weight is 345 g/mol. The lowest BCUT2D eigenvalue weighted by Crippen LogP contribution is -1.95. The number of hydrogen-bond donors (Lipinski definition) is 0. The van der Waals surface area contributed by atoms with Gasteiger partial charge in [0.05, 0.1) is 22.7 Å². The van der Waals surface area contributed by atoms with E-state index in [2.05, 4.69) is 76.3 Å². The highest BCUT2D eigenvalue weighted by molar-refractivity contribution is 6.09. The molecule has 0 aliphatic heterocycles. The van der Waals surface area contributed by atoms with Crippen LogP contribution in [0.25, 0.3) is 38.6 Å². The van der Waals surface area contributed by atoms with Crippen LogP contribution in [0.5, 0.6) is 0 Å². The van der Waals surface area contributed by atoms with Crippen molar-refractivity contribution in [2.75, 3.05) is 0 Å². The van der Waals surface area contributed by atoms with Crippen molar-refractivity contribution in [2.24, 2.45) is 0 Å². The fraction of sp³-hybridized carbons (Fsp3) is 0. The topological polar surface area (TPSA) is 41.6 Å². The van der Waals surface area contributed by atoms with E-state index in [0.29, 0.717) is 5.56 Å². The summed E-state index contributed by atoms with van der Waals surface area (Å²) in [6.45, 7) is 0. The van der Waals surface area contributed by atoms with Crippen LogP contribution in [0.2, 0.25) is 0 Å². The van der Waals surface area contributed by atoms with Crippen molar-refractivity contribution in [2.45, 2.75) is 0 Å². The summed E-state index contributed by atoms with van der Waals surface area (Å²) in [6, 6.07) is 29.2. The second-order valence-electron chi connectivity index (χ2n) is 6.45. The van der Waals surface area contributed by atoms with E-state index in [1.165, 1.54) is 21.8 Å². The van der Waals surface area contributed by atoms with E-state index in [1.54, 1.807) is 18.5 Å². The highest BCUT2D eigenvalue weighted by atomic mass is 15.0. The summed E-state index contributed by atoms with van der Waals surface area (Å²) < 4.78 is 2.27. The van der Waals surface area contributed by atoms with E-state index in [9.17, 15) is 5.26 Å². The number of aromatic nitrogens is 2. The van der Waals surface area contributed by atoms with Gasteiger partial charge in [-0.3, -0.25) is 4.98 Å². The molecule has 0 N–H and O–H groups in total. The van der Waals surface area contributed by atoms with Gasteiger partial charge in [-0.2, -0.15) is 5.26 Å². The Bertz CT molecular complexity index is 1290. The van der Waals surface area contributed by atoms with Gasteiger partial charge in [0, 0.05) is 34.4 Å². The summed E-state index contributed by atoms with van der Waals surface area (Å²) in [7, 11) is 0. The standard InChI is InChI=1S/C24H15N3/c25-15-18-12-13-26-16-22(18)17-6-5-7-19(14-17)27-23-10-3-1-8-20(23)21-9-2-4-11-24(21)27/h1-14,16H. The van der Waals surface area contributed by atoms with E-state index in [4.69, 9.17) is 0 Å². The van der Waals surface area contributed by atoms with E-state index in [-0.39, 0.29) is 0 Å². The third-order valence-corrected chi connectivity index (χ3v) is 4.94. The van der Waals surface area contributed by atoms with Crippen LogP contribution >= 0.6 is 0 Å². The van der Waals surface area contributed by atoms with E-state index < -0.39 is 0 Å². The van der Waals surface area contributed by atoms with Gasteiger partial charge in [-0.05, 0) is 35.9 Å². The second-order valence-corrected chi connectivity index (χ2v) is 6.45. The van der Waals surface area contributed by atoms with Gasteiger partial charge >= 0.3 is 0 Å². The Kier molecular flexibility index (Phi) is 3.48. The zero-order valence-corrected chi connectivity index (χ0v) is 14.5. The lowest BCUT2D eigenvalue weighted by atomic mass is 10.0. The molecule has 2 aromatic heterocycles. The minimum atomic E-state index is 0.629. The molecule has 0 spiro atoms. The fourth-order valence-corrected chi connectivity index (χ4v) is 3.74. The van der Waals surface area contributed by atoms with Gasteiger partial charge in [0.15, 0.2) is 0 Å². The molecule has 2 heterocycles. The lowest BCUT2D eigenvalue weighted by molar-refractivity contribution is 1.18. The summed E-state index contributed by atoms with van der Waals surface area (Å²) in [5, 5.41) is 11.9. The van der Waals surface area contributed by atoms with Crippen LogP contribution in [0.3, 0.4) is 0 Å². The SMILES string of the molecule is N#Cc1ccncc1-c1cccc(-n2c3ccccc3c3ccccc32)c1. The van der Waals surface area contributed by atoms with E-state index >= 15 is 0 Å². The number of nitrogens with zero attached hydrogens (tertiary/aromatic N) is 3. The molecular weight excluding hydrogens is 330 g/mol. The Morgan fingerprint density at radius 3 is 2.19 bits per heavy atom. The van der Waals surface area contributed by atoms with Crippen molar-refractivity contribution in [1.29, 1.82) is 5.26 Å². The Morgan fingerprint density at radius 1 is 0.778 bits per heavy atom. The molecule has 3 aromatic carbocycles. The van der Waals surface area contributed by atoms with Crippen LogP contribution in [0.4, 0.5) is 0 Å². The molecular formula is C24H15N3. The maximum absolute atomic E-state index is 9.43. The first-order valence-electron chi connectivity index (χ1n) is 8.80. The number of fused-ring (bicyclic) bond motifs is 3. The molecule has 3 nitrogen and oxygen atoms in total. The van der Waals surface area contributed by atoms with E-state index in [1.807, 2.05) is 12.1 Å². The van der Waals surface area contributed by atoms with Crippen LogP contribution in [0.1, 0.15) is 5.56 Å². The number of para-hydroxylation sites is 2. The first kappa shape index (κ1) is 15.4. The summed E-state index contributed by atoms with van der Waals surface area (Å²) in [4.78, 5) is 4.20. The molecule has 27 heavy (non-hydrogen) atoms. The molecule has 5 rings (SSSR count). The quantitative estimate of drug-likeness (QED) is 0.411. The predicted octanol–water partition coefficient (Wildman–Crippen LogP) is 5.72. The van der Waals surface area contributed by atoms with Crippen molar-refractivity contribution in [3.8, 4) is 22.9 Å². The minimum absolute atomic E-state index is 0.629. The third-order valence-electron chi connectivity index (χ3n) is 4.94. The van der Waals surface area contributed by atoms with Gasteiger partial charge in [0.1, 0.15) is 0 Å². The molecule has 0 radical (unpaired) electrons. The van der Waals surface area contributed by atoms with Crippen molar-refractivity contribution in [1.82, 2.24) is 9.55 Å². The summed E-state index contributed by atoms with van der Waals surface area (Å²) in [5.74, 6) is 0. The molecule has 0 bridgehead atoms. The minimum Gasteiger partial charge on any atom is -0.309 e. The number of benzene rings is 3. The first-order valence-corrected chi connectivity index (χ1v) is 8.80. The molecule has 0 unspecified atom stereocenters. The summed E-state index contributed by atoms with van der Waals surface area (Å²) in [6.07, 6.45) is 3.41. The zero-order valence-electron chi connectivity index (χ0n) is 14.5. The Labute approximate surface area is 156 Å². The van der Waals surface area contributed by atoms with Crippen LogP contribution in [-0.4, -0.2) is 9.55 Å². The Balaban J connectivity index is 1.81. The predicted molar refractivity (Wildman–Crippen MR) is 109 cm³/mol. The van der Waals surface area contributed by atoms with Crippen LogP contribution in [0.15, 0.2) is 91.3 Å². The highest BCUT2D eigenvalue weighted by Crippen LogP contribution is 2.33. The van der Waals surface area contributed by atoms with Gasteiger partial charge in [-0.25, -0.2) is 0 Å². The average Bonchev–Trinajstić information content (AvgIpc) is 3.08. The summed E-state index contributed by atoms with van der Waals surface area (Å²) >= 11 is 0. The highest BCUT2D eigenvalue weighted by Gasteiger charge is 2.12. The van der Waals surface area contributed by atoms with Crippen molar-refractivity contribution in [3.63, 3.8) is 0 Å². The number of pyridine rings is 1. The first-order chi connectivity index (χ1) is 13.4. The van der Waals surface area contributed by atoms with Gasteiger partial charge in [-0.1, -0.05) is 48.5 Å². The second kappa shape index (κ2) is 6.12. The molecule has 0 amide bonds. The Hall–Kier alpha value is -3.90. The lowest BCUT2D eigenvalue weighted by Gasteiger charge is -2.10. The zero-order chi connectivity index (χ0) is 18.2. The molecule has 0 aliphatic rings. The van der Waals surface area contributed by atoms with Crippen LogP contribution in [0, 0.1) is 11.3 Å². The number of rotatable bonds is 2. The van der Waals surface area contributed by atoms with Crippen molar-refractivity contribution in [3.05, 3.63) is 96.8 Å². The largest absolute Gasteiger partial charge is 0.309 e. The maximum atomic E-state index is 9.43. The fourth-order valence-electron chi connectivity index (χ4n) is 3.74. The number of nitriles is 1. The molecule has 0 aliphatic carbocycles. The monoisotopic (exact) mass is 345 g/mol. The smallest absolute Gasteiger partial charge is 0.0999 e. The van der Waals surface area contributed by atoms with Crippen molar-refractivity contribution < 1.29 is 0 Å². The van der Waals surface area contributed by atoms with Gasteiger partial charge in [0.2, 0.25) is 0 Å². The molecule has 5 aromatic rings. The molecule has 126 valence electrons. The van der Waals surface area contributed by atoms with Gasteiger partial charge in [0.25, 0.3) is 0 Å². The normalized spacial score (nSPS) is 10.9. The van der Waals surface area contributed by atoms with Crippen LogP contribution < -0.4 is 0 Å². The molecule has 3 heteroatoms. The van der Waals surface area contributed by atoms with Crippen LogP contribution in [-0.2, 0) is 0 Å². The van der Waals surface area contributed by atoms with Gasteiger partial charge < -0.3 is 4.57 Å². The Morgan fingerprint density at radius 2 is 1.48 bits per heavy atom. The summed E-state index contributed by atoms with van der Waals surface area (Å²) in [5.41, 5.74) is 5.87. The van der Waals surface area contributed by atoms with E-state index in [0.717, 1.165) is 16.8 Å². The van der Waals surface area contributed by atoms with Gasteiger partial charge in [-0.15, -0.1) is 0 Å². The number of hydrogen-bond acceptors (Lipinski definition) is 2. The molecule has 0 atom stereocenters. The maximum Gasteiger partial charge on any atom is 0.0999 e. The third kappa shape index (κ3) is 2.39. The molecule has 0 fully saturated rings.